The zero-order chi connectivity index (χ0) is 21.8. The van der Waals surface area contributed by atoms with Gasteiger partial charge < -0.3 is 24.7 Å². The van der Waals surface area contributed by atoms with E-state index in [9.17, 15) is 9.59 Å². The first kappa shape index (κ1) is 21.6. The lowest BCUT2D eigenvalue weighted by atomic mass is 9.95. The molecule has 0 bridgehead atoms. The van der Waals surface area contributed by atoms with Gasteiger partial charge in [-0.05, 0) is 54.9 Å². The minimum atomic E-state index is -0.441. The summed E-state index contributed by atoms with van der Waals surface area (Å²) in [6, 6.07) is 10.0. The Kier molecular flexibility index (Phi) is 6.56. The predicted octanol–water partition coefficient (Wildman–Crippen LogP) is 3.87. The van der Waals surface area contributed by atoms with Gasteiger partial charge in [0.25, 0.3) is 5.91 Å². The highest BCUT2D eigenvalue weighted by Gasteiger charge is 2.33. The number of rotatable bonds is 6. The van der Waals surface area contributed by atoms with Crippen LogP contribution in [0.3, 0.4) is 0 Å². The molecule has 0 saturated carbocycles. The molecule has 1 aliphatic rings. The molecule has 2 N–H and O–H groups in total. The number of furan rings is 1. The van der Waals surface area contributed by atoms with Crippen LogP contribution in [0.25, 0.3) is 0 Å². The van der Waals surface area contributed by atoms with Crippen LogP contribution in [0.1, 0.15) is 42.9 Å². The van der Waals surface area contributed by atoms with E-state index in [0.29, 0.717) is 23.0 Å². The molecular weight excluding hydrogens is 402 g/mol. The van der Waals surface area contributed by atoms with Crippen molar-refractivity contribution in [3.8, 4) is 0 Å². The molecule has 1 aromatic heterocycles. The van der Waals surface area contributed by atoms with Gasteiger partial charge in [-0.2, -0.15) is 0 Å². The Balaban J connectivity index is 1.83. The van der Waals surface area contributed by atoms with Crippen molar-refractivity contribution in [3.63, 3.8) is 0 Å². The zero-order valence-corrected chi connectivity index (χ0v) is 18.2. The maximum Gasteiger partial charge on any atom is 0.338 e. The van der Waals surface area contributed by atoms with Gasteiger partial charge in [0.05, 0.1) is 24.5 Å². The lowest BCUT2D eigenvalue weighted by molar-refractivity contribution is -0.140. The molecular formula is C22H25N3O4S. The highest BCUT2D eigenvalue weighted by atomic mass is 32.1. The summed E-state index contributed by atoms with van der Waals surface area (Å²) in [4.78, 5) is 26.7. The van der Waals surface area contributed by atoms with Crippen molar-refractivity contribution in [3.05, 3.63) is 65.3 Å². The molecule has 30 heavy (non-hydrogen) atoms. The molecule has 1 atom stereocenters. The average molecular weight is 428 g/mol. The van der Waals surface area contributed by atoms with Crippen molar-refractivity contribution in [1.29, 1.82) is 0 Å². The third-order valence-corrected chi connectivity index (χ3v) is 5.16. The molecule has 158 valence electrons. The summed E-state index contributed by atoms with van der Waals surface area (Å²) in [7, 11) is 1.81. The Morgan fingerprint density at radius 2 is 1.97 bits per heavy atom. The fourth-order valence-corrected chi connectivity index (χ4v) is 3.28. The molecule has 7 nitrogen and oxygen atoms in total. The van der Waals surface area contributed by atoms with Gasteiger partial charge in [-0.25, -0.2) is 4.79 Å². The van der Waals surface area contributed by atoms with E-state index in [-0.39, 0.29) is 23.6 Å². The molecule has 0 saturated heterocycles. The van der Waals surface area contributed by atoms with E-state index in [1.807, 2.05) is 40.0 Å². The molecule has 0 radical (unpaired) electrons. The minimum Gasteiger partial charge on any atom is -0.462 e. The number of benzene rings is 1. The lowest BCUT2D eigenvalue weighted by Crippen LogP contribution is -2.46. The Bertz CT molecular complexity index is 965. The van der Waals surface area contributed by atoms with Gasteiger partial charge in [-0.1, -0.05) is 26.0 Å². The van der Waals surface area contributed by atoms with Crippen LogP contribution in [-0.2, 0) is 9.53 Å². The van der Waals surface area contributed by atoms with E-state index in [2.05, 4.69) is 10.6 Å². The van der Waals surface area contributed by atoms with E-state index in [1.54, 1.807) is 29.2 Å². The first-order valence-electron chi connectivity index (χ1n) is 9.65. The quantitative estimate of drug-likeness (QED) is 0.535. The molecule has 0 fully saturated rings. The second-order valence-corrected chi connectivity index (χ2v) is 7.87. The largest absolute Gasteiger partial charge is 0.462 e. The van der Waals surface area contributed by atoms with Gasteiger partial charge in [-0.15, -0.1) is 0 Å². The molecule has 8 heteroatoms. The van der Waals surface area contributed by atoms with Gasteiger partial charge in [0.2, 0.25) is 0 Å². The van der Waals surface area contributed by atoms with Gasteiger partial charge in [0.15, 0.2) is 10.9 Å². The smallest absolute Gasteiger partial charge is 0.338 e. The molecule has 1 aromatic carbocycles. The fourth-order valence-electron chi connectivity index (χ4n) is 3.03. The second kappa shape index (κ2) is 9.13. The normalized spacial score (nSPS) is 16.5. The summed E-state index contributed by atoms with van der Waals surface area (Å²) in [6.07, 6.45) is 1.45. The van der Waals surface area contributed by atoms with Crippen LogP contribution in [0.2, 0.25) is 0 Å². The van der Waals surface area contributed by atoms with Crippen molar-refractivity contribution in [2.24, 2.45) is 5.92 Å². The third kappa shape index (κ3) is 4.71. The Hall–Kier alpha value is -3.13. The SMILES string of the molecule is CC1=C(C(=O)OCC(C)C)C(c2ccc(NC(=O)c3ccco3)cc2)NC(=S)N1C. The first-order valence-corrected chi connectivity index (χ1v) is 10.1. The maximum atomic E-state index is 12.8. The van der Waals surface area contributed by atoms with Crippen LogP contribution in [-0.4, -0.2) is 35.5 Å². The number of allylic oxidation sites excluding steroid dienone is 1. The van der Waals surface area contributed by atoms with Gasteiger partial charge >= 0.3 is 5.97 Å². The molecule has 0 aliphatic carbocycles. The molecule has 1 aliphatic heterocycles. The number of thiocarbonyl (C=S) groups is 1. The number of ether oxygens (including phenoxy) is 1. The van der Waals surface area contributed by atoms with Crippen LogP contribution in [0.4, 0.5) is 5.69 Å². The second-order valence-electron chi connectivity index (χ2n) is 7.49. The van der Waals surface area contributed by atoms with Crippen LogP contribution in [0.15, 0.2) is 58.3 Å². The highest BCUT2D eigenvalue weighted by molar-refractivity contribution is 7.80. The van der Waals surface area contributed by atoms with Crippen molar-refractivity contribution < 1.29 is 18.7 Å². The van der Waals surface area contributed by atoms with E-state index >= 15 is 0 Å². The monoisotopic (exact) mass is 427 g/mol. The van der Waals surface area contributed by atoms with Crippen LogP contribution in [0, 0.1) is 5.92 Å². The molecule has 1 amide bonds. The summed E-state index contributed by atoms with van der Waals surface area (Å²) in [5.41, 5.74) is 2.70. The van der Waals surface area contributed by atoms with Crippen molar-refractivity contribution in [2.45, 2.75) is 26.8 Å². The number of amides is 1. The molecule has 3 rings (SSSR count). The number of carbonyl (C=O) groups excluding carboxylic acids is 2. The van der Waals surface area contributed by atoms with Gasteiger partial charge in [0.1, 0.15) is 0 Å². The van der Waals surface area contributed by atoms with Crippen molar-refractivity contribution in [2.75, 3.05) is 19.0 Å². The minimum absolute atomic E-state index is 0.232. The van der Waals surface area contributed by atoms with Crippen LogP contribution < -0.4 is 10.6 Å². The summed E-state index contributed by atoms with van der Waals surface area (Å²) in [6.45, 7) is 6.17. The van der Waals surface area contributed by atoms with E-state index < -0.39 is 6.04 Å². The number of hydrogen-bond donors (Lipinski definition) is 2. The number of esters is 1. The molecule has 2 aromatic rings. The fraction of sp³-hybridized carbons (Fsp3) is 0.318. The van der Waals surface area contributed by atoms with Crippen molar-refractivity contribution >= 4 is 34.9 Å². The molecule has 1 unspecified atom stereocenters. The number of nitrogens with one attached hydrogen (secondary N) is 2. The standard InChI is InChI=1S/C22H25N3O4S/c1-13(2)12-29-21(27)18-14(3)25(4)22(30)24-19(18)15-7-9-16(10-8-15)23-20(26)17-6-5-11-28-17/h5-11,13,19H,12H2,1-4H3,(H,23,26)(H,24,30). The van der Waals surface area contributed by atoms with E-state index in [0.717, 1.165) is 11.3 Å². The molecule has 2 heterocycles. The van der Waals surface area contributed by atoms with E-state index in [1.165, 1.54) is 6.26 Å². The van der Waals surface area contributed by atoms with Crippen LogP contribution >= 0.6 is 12.2 Å². The Morgan fingerprint density at radius 3 is 2.57 bits per heavy atom. The van der Waals surface area contributed by atoms with Gasteiger partial charge in [-0.3, -0.25) is 4.79 Å². The summed E-state index contributed by atoms with van der Waals surface area (Å²) in [5.74, 6) is -0.237. The predicted molar refractivity (Wildman–Crippen MR) is 118 cm³/mol. The summed E-state index contributed by atoms with van der Waals surface area (Å²) >= 11 is 5.42. The van der Waals surface area contributed by atoms with Gasteiger partial charge in [0, 0.05) is 18.4 Å². The highest BCUT2D eigenvalue weighted by Crippen LogP contribution is 2.31. The lowest BCUT2D eigenvalue weighted by Gasteiger charge is -2.35. The van der Waals surface area contributed by atoms with Crippen molar-refractivity contribution in [1.82, 2.24) is 10.2 Å². The summed E-state index contributed by atoms with van der Waals surface area (Å²) in [5, 5.41) is 6.51. The average Bonchev–Trinajstić information content (AvgIpc) is 3.25. The zero-order valence-electron chi connectivity index (χ0n) is 17.4. The Labute approximate surface area is 181 Å². The molecule has 0 spiro atoms. The topological polar surface area (TPSA) is 83.8 Å². The number of carbonyl (C=O) groups is 2. The number of nitrogens with zero attached hydrogens (tertiary/aromatic N) is 1. The maximum absolute atomic E-state index is 12.8. The number of anilines is 1. The van der Waals surface area contributed by atoms with E-state index in [4.69, 9.17) is 21.4 Å². The Morgan fingerprint density at radius 1 is 1.27 bits per heavy atom. The first-order chi connectivity index (χ1) is 14.3. The summed E-state index contributed by atoms with van der Waals surface area (Å²) < 4.78 is 10.6. The third-order valence-electron chi connectivity index (χ3n) is 4.77. The van der Waals surface area contributed by atoms with Crippen LogP contribution in [0.5, 0.6) is 0 Å². The number of hydrogen-bond acceptors (Lipinski definition) is 5.